The Labute approximate surface area is 173 Å². The van der Waals surface area contributed by atoms with Gasteiger partial charge in [-0.15, -0.1) is 0 Å². The Morgan fingerprint density at radius 2 is 1.77 bits per heavy atom. The molecule has 1 aliphatic carbocycles. The molecule has 8 heteroatoms. The molecule has 3 N–H and O–H groups in total. The van der Waals surface area contributed by atoms with E-state index in [0.717, 1.165) is 25.7 Å². The van der Waals surface area contributed by atoms with Gasteiger partial charge in [0.05, 0.1) is 12.7 Å². The molecule has 162 valence electrons. The SMILES string of the molecule is COc1ccc(COc2c(F)cc(C(=O)NC[C@H]3CC[C@H](N)CC3)c(F)c2F)cc1. The highest BCUT2D eigenvalue weighted by Gasteiger charge is 2.25. The summed E-state index contributed by atoms with van der Waals surface area (Å²) in [6.45, 7) is 0.136. The summed E-state index contributed by atoms with van der Waals surface area (Å²) in [5.74, 6) is -4.99. The van der Waals surface area contributed by atoms with E-state index in [0.29, 0.717) is 23.9 Å². The maximum absolute atomic E-state index is 14.4. The third-order valence-corrected chi connectivity index (χ3v) is 5.35. The number of hydrogen-bond donors (Lipinski definition) is 2. The predicted octanol–water partition coefficient (Wildman–Crippen LogP) is 3.94. The first kappa shape index (κ1) is 22.0. The van der Waals surface area contributed by atoms with E-state index in [1.54, 1.807) is 24.3 Å². The van der Waals surface area contributed by atoms with Crippen molar-refractivity contribution in [3.63, 3.8) is 0 Å². The van der Waals surface area contributed by atoms with Gasteiger partial charge in [0.2, 0.25) is 5.82 Å². The van der Waals surface area contributed by atoms with Gasteiger partial charge in [-0.25, -0.2) is 8.78 Å². The van der Waals surface area contributed by atoms with E-state index in [1.165, 1.54) is 7.11 Å². The van der Waals surface area contributed by atoms with Crippen LogP contribution in [-0.2, 0) is 6.61 Å². The van der Waals surface area contributed by atoms with Gasteiger partial charge in [0.25, 0.3) is 5.91 Å². The number of methoxy groups -OCH3 is 1. The number of nitrogens with two attached hydrogens (primary N) is 1. The van der Waals surface area contributed by atoms with Gasteiger partial charge in [-0.05, 0) is 55.4 Å². The molecule has 1 saturated carbocycles. The smallest absolute Gasteiger partial charge is 0.254 e. The van der Waals surface area contributed by atoms with Crippen molar-refractivity contribution >= 4 is 5.91 Å². The summed E-state index contributed by atoms with van der Waals surface area (Å²) in [5.41, 5.74) is 5.78. The molecule has 0 aromatic heterocycles. The van der Waals surface area contributed by atoms with Crippen LogP contribution < -0.4 is 20.5 Å². The number of benzene rings is 2. The molecule has 5 nitrogen and oxygen atoms in total. The summed E-state index contributed by atoms with van der Waals surface area (Å²) >= 11 is 0. The second-order valence-electron chi connectivity index (χ2n) is 7.49. The third-order valence-electron chi connectivity index (χ3n) is 5.35. The van der Waals surface area contributed by atoms with E-state index >= 15 is 0 Å². The van der Waals surface area contributed by atoms with E-state index < -0.39 is 34.7 Å². The van der Waals surface area contributed by atoms with Crippen LogP contribution in [0.2, 0.25) is 0 Å². The first-order valence-corrected chi connectivity index (χ1v) is 9.86. The molecule has 0 heterocycles. The lowest BCUT2D eigenvalue weighted by atomic mass is 9.86. The van der Waals surface area contributed by atoms with Crippen LogP contribution in [0.3, 0.4) is 0 Å². The summed E-state index contributed by atoms with van der Waals surface area (Å²) in [5, 5.41) is 2.56. The number of carbonyl (C=O) groups is 1. The number of carbonyl (C=O) groups excluding carboxylic acids is 1. The van der Waals surface area contributed by atoms with Crippen LogP contribution in [0.15, 0.2) is 30.3 Å². The van der Waals surface area contributed by atoms with Crippen molar-refractivity contribution in [2.75, 3.05) is 13.7 Å². The minimum absolute atomic E-state index is 0.169. The van der Waals surface area contributed by atoms with Crippen LogP contribution in [0.25, 0.3) is 0 Å². The Bertz CT molecular complexity index is 882. The van der Waals surface area contributed by atoms with Crippen LogP contribution >= 0.6 is 0 Å². The first-order valence-electron chi connectivity index (χ1n) is 9.86. The van der Waals surface area contributed by atoms with Crippen molar-refractivity contribution in [1.82, 2.24) is 5.32 Å². The molecule has 30 heavy (non-hydrogen) atoms. The zero-order valence-electron chi connectivity index (χ0n) is 16.7. The second kappa shape index (κ2) is 9.84. The van der Waals surface area contributed by atoms with Gasteiger partial charge >= 0.3 is 0 Å². The summed E-state index contributed by atoms with van der Waals surface area (Å²) in [4.78, 5) is 12.3. The summed E-state index contributed by atoms with van der Waals surface area (Å²) in [6, 6.07) is 7.48. The van der Waals surface area contributed by atoms with Crippen LogP contribution in [0.4, 0.5) is 13.2 Å². The quantitative estimate of drug-likeness (QED) is 0.663. The number of halogens is 3. The molecule has 0 atom stereocenters. The lowest BCUT2D eigenvalue weighted by Gasteiger charge is -2.26. The molecule has 1 fully saturated rings. The Morgan fingerprint density at radius 1 is 1.10 bits per heavy atom. The van der Waals surface area contributed by atoms with E-state index in [9.17, 15) is 18.0 Å². The Kier molecular flexibility index (Phi) is 7.20. The van der Waals surface area contributed by atoms with Crippen molar-refractivity contribution in [1.29, 1.82) is 0 Å². The van der Waals surface area contributed by atoms with Gasteiger partial charge in [-0.1, -0.05) is 12.1 Å². The zero-order valence-corrected chi connectivity index (χ0v) is 16.7. The maximum atomic E-state index is 14.4. The van der Waals surface area contributed by atoms with Crippen LogP contribution in [-0.4, -0.2) is 25.6 Å². The maximum Gasteiger partial charge on any atom is 0.254 e. The molecule has 0 radical (unpaired) electrons. The summed E-state index contributed by atoms with van der Waals surface area (Å²) in [6.07, 6.45) is 3.42. The lowest BCUT2D eigenvalue weighted by molar-refractivity contribution is 0.0937. The van der Waals surface area contributed by atoms with E-state index in [2.05, 4.69) is 5.32 Å². The number of rotatable bonds is 7. The fourth-order valence-corrected chi connectivity index (χ4v) is 3.48. The van der Waals surface area contributed by atoms with Crippen LogP contribution in [0.1, 0.15) is 41.6 Å². The van der Waals surface area contributed by atoms with E-state index in [4.69, 9.17) is 15.2 Å². The highest BCUT2D eigenvalue weighted by atomic mass is 19.2. The van der Waals surface area contributed by atoms with Crippen molar-refractivity contribution in [2.24, 2.45) is 11.7 Å². The fraction of sp³-hybridized carbons (Fsp3) is 0.409. The van der Waals surface area contributed by atoms with Gasteiger partial charge in [0.15, 0.2) is 17.4 Å². The average Bonchev–Trinajstić information content (AvgIpc) is 2.76. The Hall–Kier alpha value is -2.74. The van der Waals surface area contributed by atoms with Crippen molar-refractivity contribution in [2.45, 2.75) is 38.3 Å². The molecule has 2 aromatic carbocycles. The molecular formula is C22H25F3N2O3. The number of nitrogens with one attached hydrogen (secondary N) is 1. The summed E-state index contributed by atoms with van der Waals surface area (Å²) in [7, 11) is 1.52. The minimum atomic E-state index is -1.53. The molecule has 0 spiro atoms. The molecule has 1 amide bonds. The minimum Gasteiger partial charge on any atom is -0.497 e. The number of amides is 1. The molecule has 3 rings (SSSR count). The van der Waals surface area contributed by atoms with Crippen molar-refractivity contribution in [3.05, 3.63) is 58.9 Å². The standard InChI is InChI=1S/C22H25F3N2O3/c1-29-16-8-4-14(5-9-16)12-30-21-18(23)10-17(19(24)20(21)25)22(28)27-11-13-2-6-15(26)7-3-13/h4-5,8-10,13,15H,2-3,6-7,11-12,26H2,1H3,(H,27,28)/t13-,15-. The third kappa shape index (κ3) is 5.24. The van der Waals surface area contributed by atoms with Gasteiger partial charge < -0.3 is 20.5 Å². The first-order chi connectivity index (χ1) is 14.4. The van der Waals surface area contributed by atoms with E-state index in [1.807, 2.05) is 0 Å². The highest BCUT2D eigenvalue weighted by Crippen LogP contribution is 2.28. The van der Waals surface area contributed by atoms with E-state index in [-0.39, 0.29) is 18.6 Å². The largest absolute Gasteiger partial charge is 0.497 e. The highest BCUT2D eigenvalue weighted by molar-refractivity contribution is 5.94. The van der Waals surface area contributed by atoms with Crippen molar-refractivity contribution in [3.8, 4) is 11.5 Å². The van der Waals surface area contributed by atoms with Gasteiger partial charge in [0, 0.05) is 12.6 Å². The normalized spacial score (nSPS) is 18.7. The number of ether oxygens (including phenoxy) is 2. The Balaban J connectivity index is 1.65. The topological polar surface area (TPSA) is 73.6 Å². The van der Waals surface area contributed by atoms with Crippen LogP contribution in [0, 0.1) is 23.4 Å². The van der Waals surface area contributed by atoms with Gasteiger partial charge in [0.1, 0.15) is 12.4 Å². The molecule has 0 saturated heterocycles. The predicted molar refractivity (Wildman–Crippen MR) is 106 cm³/mol. The van der Waals surface area contributed by atoms with Gasteiger partial charge in [-0.3, -0.25) is 4.79 Å². The average molecular weight is 422 g/mol. The van der Waals surface area contributed by atoms with Gasteiger partial charge in [-0.2, -0.15) is 4.39 Å². The zero-order chi connectivity index (χ0) is 21.7. The lowest BCUT2D eigenvalue weighted by Crippen LogP contribution is -2.34. The number of hydrogen-bond acceptors (Lipinski definition) is 4. The molecule has 2 aromatic rings. The Morgan fingerprint density at radius 3 is 2.40 bits per heavy atom. The molecular weight excluding hydrogens is 397 g/mol. The summed E-state index contributed by atoms with van der Waals surface area (Å²) < 4.78 is 53.3. The second-order valence-corrected chi connectivity index (χ2v) is 7.49. The molecule has 0 unspecified atom stereocenters. The molecule has 0 bridgehead atoms. The molecule has 1 aliphatic rings. The monoisotopic (exact) mass is 422 g/mol. The molecule has 0 aliphatic heterocycles. The fourth-order valence-electron chi connectivity index (χ4n) is 3.48. The van der Waals surface area contributed by atoms with Crippen LogP contribution in [0.5, 0.6) is 11.5 Å². The van der Waals surface area contributed by atoms with Crippen molar-refractivity contribution < 1.29 is 27.4 Å².